The van der Waals surface area contributed by atoms with Crippen molar-refractivity contribution in [3.05, 3.63) is 40.9 Å². The highest BCUT2D eigenvalue weighted by Gasteiger charge is 2.57. The molecule has 0 fully saturated rings. The normalized spacial score (nSPS) is 19.7. The van der Waals surface area contributed by atoms with Crippen molar-refractivity contribution in [3.8, 4) is 11.6 Å². The van der Waals surface area contributed by atoms with Crippen LogP contribution in [-0.4, -0.2) is 41.5 Å². The van der Waals surface area contributed by atoms with Gasteiger partial charge in [-0.1, -0.05) is 11.6 Å². The second kappa shape index (κ2) is 8.41. The standard InChI is InChI=1S/C17H14ClF4N5O4/c1-16(17(21,22)6-29-14(23)27-16)12-10(20)2-3-11(25-12)26-15(28)31-13-9(18)4-8(5-24-13)30-7-19/h2-5H,6-7H2,1H3,(H2,23,27)(H,25,26,28)/t16-/m1/s1. The van der Waals surface area contributed by atoms with E-state index in [0.717, 1.165) is 31.3 Å². The average molecular weight is 464 g/mol. The fourth-order valence-electron chi connectivity index (χ4n) is 2.56. The van der Waals surface area contributed by atoms with Crippen LogP contribution < -0.4 is 20.5 Å². The summed E-state index contributed by atoms with van der Waals surface area (Å²) in [7, 11) is 0. The SMILES string of the molecule is C[C@]1(c2nc(NC(=O)Oc3ncc(OCF)cc3Cl)ccc2F)N=C(N)OCC1(F)F. The molecule has 3 heterocycles. The summed E-state index contributed by atoms with van der Waals surface area (Å²) < 4.78 is 69.4. The molecular weight excluding hydrogens is 450 g/mol. The van der Waals surface area contributed by atoms with Gasteiger partial charge in [-0.3, -0.25) is 5.32 Å². The number of ether oxygens (including phenoxy) is 3. The number of nitrogens with two attached hydrogens (primary N) is 1. The van der Waals surface area contributed by atoms with Crippen molar-refractivity contribution in [2.24, 2.45) is 10.7 Å². The number of pyridine rings is 2. The van der Waals surface area contributed by atoms with E-state index in [1.165, 1.54) is 0 Å². The lowest BCUT2D eigenvalue weighted by Gasteiger charge is -2.36. The molecule has 3 rings (SSSR count). The van der Waals surface area contributed by atoms with Crippen LogP contribution in [0.4, 0.5) is 28.2 Å². The van der Waals surface area contributed by atoms with E-state index in [4.69, 9.17) is 22.1 Å². The molecule has 166 valence electrons. The van der Waals surface area contributed by atoms with Gasteiger partial charge in [-0.05, 0) is 19.1 Å². The fraction of sp³-hybridized carbons (Fsp3) is 0.294. The van der Waals surface area contributed by atoms with Gasteiger partial charge in [0.1, 0.15) is 28.1 Å². The molecule has 1 aliphatic rings. The van der Waals surface area contributed by atoms with Gasteiger partial charge >= 0.3 is 12.0 Å². The van der Waals surface area contributed by atoms with Gasteiger partial charge in [-0.2, -0.15) is 8.78 Å². The van der Waals surface area contributed by atoms with Crippen LogP contribution in [-0.2, 0) is 10.3 Å². The number of alkyl halides is 3. The van der Waals surface area contributed by atoms with Crippen molar-refractivity contribution >= 4 is 29.5 Å². The fourth-order valence-corrected chi connectivity index (χ4v) is 2.76. The maximum atomic E-state index is 14.4. The van der Waals surface area contributed by atoms with E-state index in [2.05, 4.69) is 29.8 Å². The monoisotopic (exact) mass is 463 g/mol. The van der Waals surface area contributed by atoms with Gasteiger partial charge < -0.3 is 19.9 Å². The van der Waals surface area contributed by atoms with Crippen molar-refractivity contribution < 1.29 is 36.6 Å². The maximum Gasteiger partial charge on any atom is 0.419 e. The highest BCUT2D eigenvalue weighted by atomic mass is 35.5. The van der Waals surface area contributed by atoms with Crippen LogP contribution in [0, 0.1) is 5.82 Å². The summed E-state index contributed by atoms with van der Waals surface area (Å²) >= 11 is 5.87. The number of aromatic nitrogens is 2. The quantitative estimate of drug-likeness (QED) is 0.652. The molecule has 1 aliphatic heterocycles. The minimum absolute atomic E-state index is 0.00411. The molecule has 3 N–H and O–H groups in total. The van der Waals surface area contributed by atoms with Gasteiger partial charge in [0.25, 0.3) is 6.02 Å². The number of carbonyl (C=O) groups excluding carboxylic acids is 1. The number of hydrogen-bond donors (Lipinski definition) is 2. The molecular formula is C17H14ClF4N5O4. The van der Waals surface area contributed by atoms with E-state index in [1.807, 2.05) is 0 Å². The zero-order valence-corrected chi connectivity index (χ0v) is 16.4. The average Bonchev–Trinajstić information content (AvgIpc) is 2.69. The molecule has 0 bridgehead atoms. The van der Waals surface area contributed by atoms with Crippen molar-refractivity contribution in [2.45, 2.75) is 18.4 Å². The molecule has 0 saturated heterocycles. The molecule has 0 radical (unpaired) electrons. The first-order chi connectivity index (χ1) is 14.6. The molecule has 0 aromatic carbocycles. The molecule has 1 amide bonds. The number of halogens is 5. The van der Waals surface area contributed by atoms with Crippen LogP contribution in [0.15, 0.2) is 29.4 Å². The topological polar surface area (TPSA) is 121 Å². The third kappa shape index (κ3) is 4.55. The van der Waals surface area contributed by atoms with Crippen LogP contribution in [0.3, 0.4) is 0 Å². The third-order valence-corrected chi connectivity index (χ3v) is 4.45. The largest absolute Gasteiger partial charge is 0.461 e. The number of carbonyl (C=O) groups is 1. The molecule has 14 heteroatoms. The van der Waals surface area contributed by atoms with Gasteiger partial charge in [-0.25, -0.2) is 28.5 Å². The summed E-state index contributed by atoms with van der Waals surface area (Å²) in [6, 6.07) is 2.42. The Balaban J connectivity index is 1.82. The molecule has 9 nitrogen and oxygen atoms in total. The second-order valence-corrected chi connectivity index (χ2v) is 6.68. The van der Waals surface area contributed by atoms with Crippen molar-refractivity contribution in [2.75, 3.05) is 18.8 Å². The molecule has 0 saturated carbocycles. The molecule has 1 atom stereocenters. The molecule has 0 spiro atoms. The Morgan fingerprint density at radius 1 is 1.42 bits per heavy atom. The Morgan fingerprint density at radius 2 is 2.16 bits per heavy atom. The Hall–Kier alpha value is -3.35. The number of nitrogens with zero attached hydrogens (tertiary/aromatic N) is 3. The Bertz CT molecular complexity index is 1040. The number of aliphatic imine (C=N–C) groups is 1. The number of hydrogen-bond acceptors (Lipinski definition) is 8. The highest BCUT2D eigenvalue weighted by Crippen LogP contribution is 2.43. The van der Waals surface area contributed by atoms with Gasteiger partial charge in [0, 0.05) is 6.07 Å². The van der Waals surface area contributed by atoms with E-state index in [9.17, 15) is 22.4 Å². The van der Waals surface area contributed by atoms with Gasteiger partial charge in [0.2, 0.25) is 12.7 Å². The summed E-state index contributed by atoms with van der Waals surface area (Å²) in [6.07, 6.45) is -0.107. The minimum Gasteiger partial charge on any atom is -0.461 e. The lowest BCUT2D eigenvalue weighted by Crippen LogP contribution is -2.51. The van der Waals surface area contributed by atoms with E-state index in [0.29, 0.717) is 0 Å². The highest BCUT2D eigenvalue weighted by molar-refractivity contribution is 6.32. The van der Waals surface area contributed by atoms with Crippen molar-refractivity contribution in [1.82, 2.24) is 9.97 Å². The molecule has 0 aliphatic carbocycles. The molecule has 2 aromatic rings. The van der Waals surface area contributed by atoms with Gasteiger partial charge in [-0.15, -0.1) is 0 Å². The van der Waals surface area contributed by atoms with Gasteiger partial charge in [0.05, 0.1) is 6.20 Å². The Labute approximate surface area is 177 Å². The summed E-state index contributed by atoms with van der Waals surface area (Å²) in [4.78, 5) is 23.1. The second-order valence-electron chi connectivity index (χ2n) is 6.27. The summed E-state index contributed by atoms with van der Waals surface area (Å²) in [5, 5.41) is 1.96. The van der Waals surface area contributed by atoms with E-state index in [1.54, 1.807) is 0 Å². The first-order valence-electron chi connectivity index (χ1n) is 8.42. The number of anilines is 1. The Morgan fingerprint density at radius 3 is 2.84 bits per heavy atom. The van der Waals surface area contributed by atoms with Crippen LogP contribution >= 0.6 is 11.6 Å². The van der Waals surface area contributed by atoms with Crippen LogP contribution in [0.2, 0.25) is 5.02 Å². The van der Waals surface area contributed by atoms with E-state index in [-0.39, 0.29) is 22.5 Å². The zero-order valence-electron chi connectivity index (χ0n) is 15.7. The first kappa shape index (κ1) is 22.3. The maximum absolute atomic E-state index is 14.4. The number of rotatable bonds is 5. The molecule has 2 aromatic heterocycles. The van der Waals surface area contributed by atoms with Crippen LogP contribution in [0.1, 0.15) is 12.6 Å². The smallest absolute Gasteiger partial charge is 0.419 e. The van der Waals surface area contributed by atoms with Crippen LogP contribution in [0.5, 0.6) is 11.6 Å². The third-order valence-electron chi connectivity index (χ3n) is 4.18. The minimum atomic E-state index is -3.65. The predicted molar refractivity (Wildman–Crippen MR) is 99.6 cm³/mol. The number of amidine groups is 1. The molecule has 31 heavy (non-hydrogen) atoms. The van der Waals surface area contributed by atoms with Gasteiger partial charge in [0.15, 0.2) is 12.1 Å². The molecule has 0 unspecified atom stereocenters. The van der Waals surface area contributed by atoms with Crippen molar-refractivity contribution in [1.29, 1.82) is 0 Å². The number of amides is 1. The lowest BCUT2D eigenvalue weighted by atomic mass is 9.89. The van der Waals surface area contributed by atoms with Crippen molar-refractivity contribution in [3.63, 3.8) is 0 Å². The van der Waals surface area contributed by atoms with Crippen LogP contribution in [0.25, 0.3) is 0 Å². The summed E-state index contributed by atoms with van der Waals surface area (Å²) in [6.45, 7) is -1.32. The van der Waals surface area contributed by atoms with E-state index < -0.39 is 48.6 Å². The van der Waals surface area contributed by atoms with E-state index >= 15 is 0 Å². The zero-order chi connectivity index (χ0) is 22.8. The number of nitrogens with one attached hydrogen (secondary N) is 1. The summed E-state index contributed by atoms with van der Waals surface area (Å²) in [5.74, 6) is -5.44. The predicted octanol–water partition coefficient (Wildman–Crippen LogP) is 3.38. The lowest BCUT2D eigenvalue weighted by molar-refractivity contribution is -0.118. The summed E-state index contributed by atoms with van der Waals surface area (Å²) in [5.41, 5.74) is 2.11. The Kier molecular flexibility index (Phi) is 6.06. The first-order valence-corrected chi connectivity index (χ1v) is 8.79.